The number of likely N-dealkylation sites (N-methyl/N-ethyl adjacent to an activating group) is 1. The highest BCUT2D eigenvalue weighted by Crippen LogP contribution is 2.25. The number of anilines is 3. The van der Waals surface area contributed by atoms with Gasteiger partial charge in [0.25, 0.3) is 0 Å². The Kier molecular flexibility index (Phi) is 4.61. The molecule has 1 aromatic carbocycles. The Morgan fingerprint density at radius 2 is 1.92 bits per heavy atom. The van der Waals surface area contributed by atoms with Gasteiger partial charge in [-0.2, -0.15) is 4.98 Å². The molecule has 24 heavy (non-hydrogen) atoms. The number of hydrogen-bond donors (Lipinski definition) is 2. The Labute approximate surface area is 141 Å². The summed E-state index contributed by atoms with van der Waals surface area (Å²) >= 11 is 0. The molecule has 126 valence electrons. The van der Waals surface area contributed by atoms with Crippen LogP contribution in [0.1, 0.15) is 6.92 Å². The van der Waals surface area contributed by atoms with Crippen molar-refractivity contribution >= 4 is 23.4 Å². The molecule has 1 aliphatic heterocycles. The molecule has 1 fully saturated rings. The van der Waals surface area contributed by atoms with Crippen LogP contribution in [0.3, 0.4) is 0 Å². The first-order chi connectivity index (χ1) is 11.5. The lowest BCUT2D eigenvalue weighted by atomic mass is 10.1. The van der Waals surface area contributed by atoms with Crippen LogP contribution in [-0.4, -0.2) is 54.0 Å². The molecule has 1 aromatic heterocycles. The topological polar surface area (TPSA) is 87.4 Å². The second-order valence-corrected chi connectivity index (χ2v) is 6.02. The fraction of sp³-hybridized carbons (Fsp3) is 0.353. The van der Waals surface area contributed by atoms with Gasteiger partial charge in [0.1, 0.15) is 5.82 Å². The first kappa shape index (κ1) is 16.2. The third kappa shape index (κ3) is 3.80. The lowest BCUT2D eigenvalue weighted by Gasteiger charge is -2.33. The van der Waals surface area contributed by atoms with Gasteiger partial charge in [-0.25, -0.2) is 4.98 Å². The minimum absolute atomic E-state index is 0.104. The van der Waals surface area contributed by atoms with E-state index in [0.29, 0.717) is 0 Å². The number of piperazine rings is 1. The Morgan fingerprint density at radius 3 is 2.62 bits per heavy atom. The van der Waals surface area contributed by atoms with Crippen molar-refractivity contribution in [3.63, 3.8) is 0 Å². The number of amides is 1. The average molecular weight is 326 g/mol. The summed E-state index contributed by atoms with van der Waals surface area (Å²) in [6, 6.07) is 9.51. The predicted octanol–water partition coefficient (Wildman–Crippen LogP) is 1.44. The van der Waals surface area contributed by atoms with Gasteiger partial charge < -0.3 is 20.9 Å². The summed E-state index contributed by atoms with van der Waals surface area (Å²) in [5, 5.41) is 2.78. The molecule has 0 saturated carbocycles. The maximum Gasteiger partial charge on any atom is 0.222 e. The van der Waals surface area contributed by atoms with Gasteiger partial charge in [-0.3, -0.25) is 4.79 Å². The molecule has 1 saturated heterocycles. The Hall–Kier alpha value is -2.67. The molecule has 0 atom stereocenters. The van der Waals surface area contributed by atoms with E-state index >= 15 is 0 Å². The Balaban J connectivity index is 1.90. The first-order valence-corrected chi connectivity index (χ1v) is 7.97. The van der Waals surface area contributed by atoms with Crippen molar-refractivity contribution in [2.75, 3.05) is 49.2 Å². The molecule has 7 heteroatoms. The van der Waals surface area contributed by atoms with Gasteiger partial charge in [-0.05, 0) is 19.2 Å². The maximum atomic E-state index is 11.2. The summed E-state index contributed by atoms with van der Waals surface area (Å²) < 4.78 is 0. The van der Waals surface area contributed by atoms with Gasteiger partial charge in [0, 0.05) is 50.4 Å². The quantitative estimate of drug-likeness (QED) is 0.887. The van der Waals surface area contributed by atoms with Crippen LogP contribution in [0.25, 0.3) is 11.3 Å². The van der Waals surface area contributed by atoms with E-state index in [4.69, 9.17) is 5.73 Å². The highest BCUT2D eigenvalue weighted by atomic mass is 16.1. The number of carbonyl (C=O) groups is 1. The van der Waals surface area contributed by atoms with E-state index in [1.54, 1.807) is 0 Å². The summed E-state index contributed by atoms with van der Waals surface area (Å²) in [5.74, 6) is 0.995. The van der Waals surface area contributed by atoms with Gasteiger partial charge in [-0.15, -0.1) is 0 Å². The lowest BCUT2D eigenvalue weighted by Crippen LogP contribution is -2.44. The molecule has 0 spiro atoms. The third-order valence-electron chi connectivity index (χ3n) is 4.04. The predicted molar refractivity (Wildman–Crippen MR) is 95.9 cm³/mol. The van der Waals surface area contributed by atoms with Crippen LogP contribution in [0.2, 0.25) is 0 Å². The number of carbonyl (C=O) groups excluding carboxylic acids is 1. The van der Waals surface area contributed by atoms with Crippen molar-refractivity contribution in [3.8, 4) is 11.3 Å². The van der Waals surface area contributed by atoms with Gasteiger partial charge in [-0.1, -0.05) is 12.1 Å². The van der Waals surface area contributed by atoms with E-state index in [9.17, 15) is 4.79 Å². The Bertz CT molecular complexity index is 740. The molecule has 0 unspecified atom stereocenters. The molecule has 0 aliphatic carbocycles. The van der Waals surface area contributed by atoms with Crippen LogP contribution in [0, 0.1) is 0 Å². The molecular formula is C17H22N6O. The van der Waals surface area contributed by atoms with E-state index < -0.39 is 0 Å². The summed E-state index contributed by atoms with van der Waals surface area (Å²) in [6.45, 7) is 5.31. The molecule has 3 rings (SSSR count). The molecule has 1 amide bonds. The van der Waals surface area contributed by atoms with Gasteiger partial charge in [0.2, 0.25) is 11.9 Å². The standard InChI is InChI=1S/C17H22N6O/c1-12(24)19-14-5-3-4-13(10-14)15-11-16(21-17(18)20-15)23-8-6-22(2)7-9-23/h3-5,10-11H,6-9H2,1-2H3,(H,19,24)(H2,18,20,21). The molecule has 0 radical (unpaired) electrons. The second kappa shape index (κ2) is 6.84. The SMILES string of the molecule is CC(=O)Nc1cccc(-c2cc(N3CCN(C)CC3)nc(N)n2)c1. The average Bonchev–Trinajstić information content (AvgIpc) is 2.54. The van der Waals surface area contributed by atoms with Crippen molar-refractivity contribution in [2.45, 2.75) is 6.92 Å². The lowest BCUT2D eigenvalue weighted by molar-refractivity contribution is -0.114. The number of nitrogen functional groups attached to an aromatic ring is 1. The minimum Gasteiger partial charge on any atom is -0.368 e. The molecule has 2 aromatic rings. The number of aromatic nitrogens is 2. The van der Waals surface area contributed by atoms with Crippen LogP contribution >= 0.6 is 0 Å². The normalized spacial score (nSPS) is 15.3. The number of hydrogen-bond acceptors (Lipinski definition) is 6. The van der Waals surface area contributed by atoms with Crippen LogP contribution in [0.15, 0.2) is 30.3 Å². The fourth-order valence-electron chi connectivity index (χ4n) is 2.76. The van der Waals surface area contributed by atoms with E-state index in [-0.39, 0.29) is 11.9 Å². The van der Waals surface area contributed by atoms with Crippen molar-refractivity contribution in [1.29, 1.82) is 0 Å². The molecule has 3 N–H and O–H groups in total. The smallest absolute Gasteiger partial charge is 0.222 e. The molecule has 2 heterocycles. The Morgan fingerprint density at radius 1 is 1.17 bits per heavy atom. The molecule has 0 bridgehead atoms. The first-order valence-electron chi connectivity index (χ1n) is 7.97. The second-order valence-electron chi connectivity index (χ2n) is 6.02. The third-order valence-corrected chi connectivity index (χ3v) is 4.04. The van der Waals surface area contributed by atoms with Crippen LogP contribution in [0.5, 0.6) is 0 Å². The fourth-order valence-corrected chi connectivity index (χ4v) is 2.76. The van der Waals surface area contributed by atoms with Gasteiger partial charge in [0.15, 0.2) is 0 Å². The summed E-state index contributed by atoms with van der Waals surface area (Å²) in [6.07, 6.45) is 0. The van der Waals surface area contributed by atoms with Crippen molar-refractivity contribution in [2.24, 2.45) is 0 Å². The number of rotatable bonds is 3. The van der Waals surface area contributed by atoms with E-state index in [1.807, 2.05) is 30.3 Å². The van der Waals surface area contributed by atoms with Crippen LogP contribution < -0.4 is 16.0 Å². The summed E-state index contributed by atoms with van der Waals surface area (Å²) in [7, 11) is 2.12. The minimum atomic E-state index is -0.104. The van der Waals surface area contributed by atoms with Crippen LogP contribution in [0.4, 0.5) is 17.5 Å². The maximum absolute atomic E-state index is 11.2. The van der Waals surface area contributed by atoms with E-state index in [2.05, 4.69) is 32.1 Å². The molecule has 1 aliphatic rings. The van der Waals surface area contributed by atoms with Crippen molar-refractivity contribution in [3.05, 3.63) is 30.3 Å². The molecule has 7 nitrogen and oxygen atoms in total. The van der Waals surface area contributed by atoms with Gasteiger partial charge in [0.05, 0.1) is 5.69 Å². The number of nitrogens with zero attached hydrogens (tertiary/aromatic N) is 4. The van der Waals surface area contributed by atoms with E-state index in [0.717, 1.165) is 48.9 Å². The monoisotopic (exact) mass is 326 g/mol. The zero-order chi connectivity index (χ0) is 17.1. The van der Waals surface area contributed by atoms with E-state index in [1.165, 1.54) is 6.92 Å². The largest absolute Gasteiger partial charge is 0.368 e. The van der Waals surface area contributed by atoms with Crippen molar-refractivity contribution in [1.82, 2.24) is 14.9 Å². The highest BCUT2D eigenvalue weighted by Gasteiger charge is 2.17. The summed E-state index contributed by atoms with van der Waals surface area (Å²) in [5.41, 5.74) is 8.30. The number of benzene rings is 1. The van der Waals surface area contributed by atoms with Crippen molar-refractivity contribution < 1.29 is 4.79 Å². The van der Waals surface area contributed by atoms with Gasteiger partial charge >= 0.3 is 0 Å². The number of nitrogens with two attached hydrogens (primary N) is 1. The number of nitrogens with one attached hydrogen (secondary N) is 1. The highest BCUT2D eigenvalue weighted by molar-refractivity contribution is 5.89. The molecular weight excluding hydrogens is 304 g/mol. The summed E-state index contributed by atoms with van der Waals surface area (Å²) in [4.78, 5) is 24.5. The zero-order valence-corrected chi connectivity index (χ0v) is 14.0. The van der Waals surface area contributed by atoms with Crippen LogP contribution in [-0.2, 0) is 4.79 Å². The zero-order valence-electron chi connectivity index (χ0n) is 14.0.